The second kappa shape index (κ2) is 6.86. The van der Waals surface area contributed by atoms with E-state index in [9.17, 15) is 31.5 Å². The van der Waals surface area contributed by atoms with Gasteiger partial charge in [0, 0.05) is 6.07 Å². The number of amides is 3. The fourth-order valence-corrected chi connectivity index (χ4v) is 1.12. The Kier molecular flexibility index (Phi) is 5.44. The molecule has 0 aliphatic carbocycles. The lowest BCUT2D eigenvalue weighted by molar-refractivity contribution is -0.125. The number of halogens is 5. The lowest BCUT2D eigenvalue weighted by Gasteiger charge is -2.10. The quantitative estimate of drug-likeness (QED) is 0.832. The smallest absolute Gasteiger partial charge is 0.405 e. The van der Waals surface area contributed by atoms with E-state index in [4.69, 9.17) is 0 Å². The minimum absolute atomic E-state index is 0.442. The van der Waals surface area contributed by atoms with Crippen molar-refractivity contribution < 1.29 is 36.3 Å². The number of carbonyl (C=O) groups is 2. The Labute approximate surface area is 115 Å². The van der Waals surface area contributed by atoms with E-state index in [2.05, 4.69) is 4.74 Å². The normalized spacial score (nSPS) is 10.9. The summed E-state index contributed by atoms with van der Waals surface area (Å²) in [7, 11) is 0. The first-order valence-electron chi connectivity index (χ1n) is 5.39. The van der Waals surface area contributed by atoms with Gasteiger partial charge in [0.25, 0.3) is 5.91 Å². The Hall–Kier alpha value is -2.39. The largest absolute Gasteiger partial charge is 0.481 e. The van der Waals surface area contributed by atoms with Gasteiger partial charge in [0.15, 0.2) is 18.2 Å². The van der Waals surface area contributed by atoms with Gasteiger partial charge in [-0.25, -0.2) is 13.6 Å². The second-order valence-electron chi connectivity index (χ2n) is 3.71. The molecule has 1 aromatic rings. The van der Waals surface area contributed by atoms with Crippen LogP contribution >= 0.6 is 0 Å². The molecule has 0 bridgehead atoms. The van der Waals surface area contributed by atoms with E-state index in [1.165, 1.54) is 5.32 Å². The second-order valence-corrected chi connectivity index (χ2v) is 3.71. The van der Waals surface area contributed by atoms with Crippen molar-refractivity contribution in [3.05, 3.63) is 29.8 Å². The van der Waals surface area contributed by atoms with Crippen LogP contribution in [-0.4, -0.2) is 31.3 Å². The summed E-state index contributed by atoms with van der Waals surface area (Å²) in [5.41, 5.74) is 0. The van der Waals surface area contributed by atoms with Gasteiger partial charge < -0.3 is 10.1 Å². The molecular weight excluding hydrogens is 303 g/mol. The first-order chi connectivity index (χ1) is 9.67. The fourth-order valence-electron chi connectivity index (χ4n) is 1.12. The van der Waals surface area contributed by atoms with Crippen molar-refractivity contribution in [3.63, 3.8) is 0 Å². The molecule has 0 unspecified atom stereocenters. The van der Waals surface area contributed by atoms with Crippen LogP contribution in [0.3, 0.4) is 0 Å². The summed E-state index contributed by atoms with van der Waals surface area (Å²) in [6.45, 7) is -2.44. The third-order valence-electron chi connectivity index (χ3n) is 1.96. The van der Waals surface area contributed by atoms with Gasteiger partial charge in [0.2, 0.25) is 0 Å². The summed E-state index contributed by atoms with van der Waals surface area (Å²) < 4.78 is 65.7. The molecule has 0 spiro atoms. The van der Waals surface area contributed by atoms with Crippen LogP contribution in [0.1, 0.15) is 0 Å². The van der Waals surface area contributed by atoms with Crippen LogP contribution in [0.2, 0.25) is 0 Å². The topological polar surface area (TPSA) is 67.4 Å². The minimum atomic E-state index is -4.62. The molecule has 2 N–H and O–H groups in total. The molecule has 0 aliphatic heterocycles. The monoisotopic (exact) mass is 312 g/mol. The summed E-state index contributed by atoms with van der Waals surface area (Å²) in [6, 6.07) is 0.942. The van der Waals surface area contributed by atoms with E-state index in [-0.39, 0.29) is 0 Å². The van der Waals surface area contributed by atoms with Crippen molar-refractivity contribution in [2.24, 2.45) is 0 Å². The van der Waals surface area contributed by atoms with Gasteiger partial charge in [-0.1, -0.05) is 0 Å². The Morgan fingerprint density at radius 2 is 1.86 bits per heavy atom. The van der Waals surface area contributed by atoms with Gasteiger partial charge >= 0.3 is 12.2 Å². The number of nitrogens with one attached hydrogen (secondary N) is 2. The molecule has 21 heavy (non-hydrogen) atoms. The van der Waals surface area contributed by atoms with Crippen molar-refractivity contribution in [2.75, 3.05) is 13.2 Å². The van der Waals surface area contributed by atoms with Crippen molar-refractivity contribution in [1.29, 1.82) is 0 Å². The zero-order chi connectivity index (χ0) is 16.0. The van der Waals surface area contributed by atoms with E-state index < -0.39 is 48.7 Å². The zero-order valence-electron chi connectivity index (χ0n) is 10.3. The van der Waals surface area contributed by atoms with E-state index in [1.54, 1.807) is 5.32 Å². The number of benzene rings is 1. The van der Waals surface area contributed by atoms with Crippen molar-refractivity contribution in [1.82, 2.24) is 10.6 Å². The Bertz CT molecular complexity index is 533. The number of hydrogen-bond acceptors (Lipinski definition) is 3. The summed E-state index contributed by atoms with van der Waals surface area (Å²) >= 11 is 0. The number of hydrogen-bond donors (Lipinski definition) is 2. The molecule has 1 rings (SSSR count). The van der Waals surface area contributed by atoms with E-state index in [1.807, 2.05) is 0 Å². The fraction of sp³-hybridized carbons (Fsp3) is 0.273. The van der Waals surface area contributed by atoms with Crippen LogP contribution in [0, 0.1) is 11.6 Å². The number of alkyl halides is 3. The predicted octanol–water partition coefficient (Wildman–Crippen LogP) is 1.73. The summed E-state index contributed by atoms with van der Waals surface area (Å²) in [5, 5.41) is 2.94. The number of ether oxygens (including phenoxy) is 1. The molecule has 0 saturated heterocycles. The molecule has 0 aliphatic rings. The molecule has 10 heteroatoms. The van der Waals surface area contributed by atoms with Crippen LogP contribution in [0.25, 0.3) is 0 Å². The van der Waals surface area contributed by atoms with Crippen LogP contribution in [-0.2, 0) is 4.79 Å². The summed E-state index contributed by atoms with van der Waals surface area (Å²) in [6.07, 6.45) is -4.62. The molecule has 3 amide bonds. The maximum Gasteiger partial charge on any atom is 0.405 e. The molecule has 0 fully saturated rings. The van der Waals surface area contributed by atoms with Gasteiger partial charge in [-0.05, 0) is 12.1 Å². The highest BCUT2D eigenvalue weighted by Gasteiger charge is 2.28. The standard InChI is InChI=1S/C11H9F5N2O3/c12-6-1-2-8(7(13)3-6)21-4-9(19)18-10(20)17-5-11(14,15)16/h1-3H,4-5H2,(H2,17,18,19,20). The number of imide groups is 1. The molecule has 116 valence electrons. The maximum absolute atomic E-state index is 13.1. The Morgan fingerprint density at radius 3 is 2.43 bits per heavy atom. The van der Waals surface area contributed by atoms with Gasteiger partial charge in [0.1, 0.15) is 12.4 Å². The lowest BCUT2D eigenvalue weighted by Crippen LogP contribution is -2.44. The predicted molar refractivity (Wildman–Crippen MR) is 59.4 cm³/mol. The van der Waals surface area contributed by atoms with Crippen LogP contribution in [0.5, 0.6) is 5.75 Å². The molecule has 1 aromatic carbocycles. The zero-order valence-corrected chi connectivity index (χ0v) is 10.3. The van der Waals surface area contributed by atoms with Crippen molar-refractivity contribution in [2.45, 2.75) is 6.18 Å². The molecule has 0 atom stereocenters. The highest BCUT2D eigenvalue weighted by Crippen LogP contribution is 2.17. The van der Waals surface area contributed by atoms with Gasteiger partial charge in [-0.3, -0.25) is 10.1 Å². The van der Waals surface area contributed by atoms with Crippen LogP contribution in [0.15, 0.2) is 18.2 Å². The molecule has 0 saturated carbocycles. The van der Waals surface area contributed by atoms with E-state index in [0.717, 1.165) is 12.1 Å². The highest BCUT2D eigenvalue weighted by atomic mass is 19.4. The van der Waals surface area contributed by atoms with E-state index >= 15 is 0 Å². The van der Waals surface area contributed by atoms with Crippen LogP contribution in [0.4, 0.5) is 26.7 Å². The molecule has 0 aromatic heterocycles. The third-order valence-corrected chi connectivity index (χ3v) is 1.96. The van der Waals surface area contributed by atoms with Gasteiger partial charge in [-0.15, -0.1) is 0 Å². The van der Waals surface area contributed by atoms with Crippen molar-refractivity contribution >= 4 is 11.9 Å². The van der Waals surface area contributed by atoms with Crippen molar-refractivity contribution in [3.8, 4) is 5.75 Å². The number of urea groups is 1. The first kappa shape index (κ1) is 16.7. The maximum atomic E-state index is 13.1. The molecule has 0 radical (unpaired) electrons. The molecule has 0 heterocycles. The summed E-state index contributed by atoms with van der Waals surface area (Å²) in [5.74, 6) is -3.46. The molecular formula is C11H9F5N2O3. The lowest BCUT2D eigenvalue weighted by atomic mass is 10.3. The van der Waals surface area contributed by atoms with Gasteiger partial charge in [0.05, 0.1) is 0 Å². The number of rotatable bonds is 4. The SMILES string of the molecule is O=C(COc1ccc(F)cc1F)NC(=O)NCC(F)(F)F. The minimum Gasteiger partial charge on any atom is -0.481 e. The van der Waals surface area contributed by atoms with Gasteiger partial charge in [-0.2, -0.15) is 13.2 Å². The average Bonchev–Trinajstić information content (AvgIpc) is 2.34. The van der Waals surface area contributed by atoms with E-state index in [0.29, 0.717) is 6.07 Å². The first-order valence-corrected chi connectivity index (χ1v) is 5.39. The highest BCUT2D eigenvalue weighted by molar-refractivity contribution is 5.95. The Balaban J connectivity index is 2.39. The van der Waals surface area contributed by atoms with Crippen LogP contribution < -0.4 is 15.4 Å². The average molecular weight is 312 g/mol. The molecule has 5 nitrogen and oxygen atoms in total. The third kappa shape index (κ3) is 6.54. The Morgan fingerprint density at radius 1 is 1.19 bits per heavy atom. The summed E-state index contributed by atoms with van der Waals surface area (Å²) in [4.78, 5) is 22.1. The number of carbonyl (C=O) groups excluding carboxylic acids is 2.